The zero-order valence-corrected chi connectivity index (χ0v) is 18.3. The fraction of sp³-hybridized carbons (Fsp3) is 0.524. The van der Waals surface area contributed by atoms with Crippen molar-refractivity contribution in [1.82, 2.24) is 20.5 Å². The minimum absolute atomic E-state index is 0.683. The van der Waals surface area contributed by atoms with Crippen LogP contribution in [0.4, 0.5) is 0 Å². The van der Waals surface area contributed by atoms with Gasteiger partial charge in [0.25, 0.3) is 0 Å². The van der Waals surface area contributed by atoms with Crippen molar-refractivity contribution in [1.29, 1.82) is 0 Å². The number of aromatic nitrogens is 1. The summed E-state index contributed by atoms with van der Waals surface area (Å²) in [7, 11) is 1.83. The molecule has 1 saturated heterocycles. The van der Waals surface area contributed by atoms with Crippen molar-refractivity contribution in [2.45, 2.75) is 32.7 Å². The first-order valence-electron chi connectivity index (χ1n) is 9.95. The fourth-order valence-corrected chi connectivity index (χ4v) is 4.35. The minimum atomic E-state index is 0.683. The van der Waals surface area contributed by atoms with E-state index in [0.29, 0.717) is 5.92 Å². The molecule has 2 N–H and O–H groups in total. The number of nitrogens with zero attached hydrogens (tertiary/aromatic N) is 3. The van der Waals surface area contributed by atoms with Crippen LogP contribution in [-0.4, -0.2) is 49.1 Å². The molecule has 0 saturated carbocycles. The highest BCUT2D eigenvalue weighted by molar-refractivity contribution is 7.09. The fourth-order valence-electron chi connectivity index (χ4n) is 3.51. The van der Waals surface area contributed by atoms with Gasteiger partial charge in [0.15, 0.2) is 5.96 Å². The lowest BCUT2D eigenvalue weighted by molar-refractivity contribution is 0.178. The summed E-state index contributed by atoms with van der Waals surface area (Å²) >= 11 is 8.00. The number of guanidine groups is 1. The second-order valence-electron chi connectivity index (χ2n) is 7.30. The summed E-state index contributed by atoms with van der Waals surface area (Å²) in [6.07, 6.45) is 3.32. The van der Waals surface area contributed by atoms with E-state index in [1.54, 1.807) is 11.3 Å². The monoisotopic (exact) mass is 419 g/mol. The molecule has 0 bridgehead atoms. The molecule has 0 amide bonds. The van der Waals surface area contributed by atoms with E-state index >= 15 is 0 Å². The highest BCUT2D eigenvalue weighted by Crippen LogP contribution is 2.21. The van der Waals surface area contributed by atoms with E-state index in [-0.39, 0.29) is 0 Å². The van der Waals surface area contributed by atoms with Crippen LogP contribution in [0.5, 0.6) is 0 Å². The van der Waals surface area contributed by atoms with Gasteiger partial charge in [0.2, 0.25) is 0 Å². The van der Waals surface area contributed by atoms with Gasteiger partial charge in [0.1, 0.15) is 0 Å². The van der Waals surface area contributed by atoms with Crippen LogP contribution in [0.3, 0.4) is 0 Å². The molecule has 2 heterocycles. The molecule has 1 aromatic carbocycles. The van der Waals surface area contributed by atoms with Crippen LogP contribution in [0.15, 0.2) is 34.6 Å². The number of aryl methyl sites for hydroxylation is 1. The Bertz CT molecular complexity index is 768. The van der Waals surface area contributed by atoms with Crippen molar-refractivity contribution in [2.24, 2.45) is 10.9 Å². The van der Waals surface area contributed by atoms with Crippen LogP contribution in [0, 0.1) is 12.8 Å². The third-order valence-electron chi connectivity index (χ3n) is 5.18. The Morgan fingerprint density at radius 1 is 1.29 bits per heavy atom. The molecule has 1 aromatic heterocycles. The lowest BCUT2D eigenvalue weighted by Gasteiger charge is -2.32. The topological polar surface area (TPSA) is 52.6 Å². The maximum absolute atomic E-state index is 6.29. The molecule has 0 unspecified atom stereocenters. The molecule has 7 heteroatoms. The molecular formula is C21H30ClN5S. The summed E-state index contributed by atoms with van der Waals surface area (Å²) in [6.45, 7) is 7.04. The number of benzene rings is 1. The molecule has 1 aliphatic rings. The lowest BCUT2D eigenvalue weighted by Crippen LogP contribution is -2.43. The van der Waals surface area contributed by atoms with Gasteiger partial charge in [-0.1, -0.05) is 29.8 Å². The second kappa shape index (κ2) is 10.8. The van der Waals surface area contributed by atoms with Crippen molar-refractivity contribution < 1.29 is 0 Å². The van der Waals surface area contributed by atoms with E-state index in [2.05, 4.69) is 43.0 Å². The van der Waals surface area contributed by atoms with E-state index in [9.17, 15) is 0 Å². The summed E-state index contributed by atoms with van der Waals surface area (Å²) in [5.41, 5.74) is 2.37. The maximum atomic E-state index is 6.29. The zero-order valence-electron chi connectivity index (χ0n) is 16.7. The van der Waals surface area contributed by atoms with Crippen molar-refractivity contribution in [3.8, 4) is 0 Å². The number of thiazole rings is 1. The van der Waals surface area contributed by atoms with Crippen molar-refractivity contribution in [2.75, 3.05) is 33.2 Å². The Labute approximate surface area is 177 Å². The smallest absolute Gasteiger partial charge is 0.190 e. The van der Waals surface area contributed by atoms with E-state index in [1.165, 1.54) is 18.4 Å². The summed E-state index contributed by atoms with van der Waals surface area (Å²) in [5.74, 6) is 1.56. The van der Waals surface area contributed by atoms with Gasteiger partial charge in [-0.15, -0.1) is 11.3 Å². The summed E-state index contributed by atoms with van der Waals surface area (Å²) in [4.78, 5) is 11.3. The molecule has 2 aromatic rings. The van der Waals surface area contributed by atoms with Crippen LogP contribution in [0.1, 0.15) is 29.1 Å². The molecule has 28 heavy (non-hydrogen) atoms. The Morgan fingerprint density at radius 2 is 2.07 bits per heavy atom. The normalized spacial score (nSPS) is 16.3. The largest absolute Gasteiger partial charge is 0.356 e. The molecule has 0 atom stereocenters. The van der Waals surface area contributed by atoms with Gasteiger partial charge in [-0.25, -0.2) is 4.98 Å². The number of likely N-dealkylation sites (tertiary alicyclic amines) is 1. The third-order valence-corrected chi connectivity index (χ3v) is 6.37. The highest BCUT2D eigenvalue weighted by Gasteiger charge is 2.20. The number of hydrogen-bond acceptors (Lipinski definition) is 4. The van der Waals surface area contributed by atoms with Crippen LogP contribution in [0.2, 0.25) is 5.02 Å². The minimum Gasteiger partial charge on any atom is -0.356 e. The van der Waals surface area contributed by atoms with Crippen molar-refractivity contribution in [3.63, 3.8) is 0 Å². The number of nitrogens with one attached hydrogen (secondary N) is 2. The number of piperidine rings is 1. The predicted octanol–water partition coefficient (Wildman–Crippen LogP) is 3.72. The summed E-state index contributed by atoms with van der Waals surface area (Å²) < 4.78 is 0. The number of rotatable bonds is 7. The molecule has 0 radical (unpaired) electrons. The quantitative estimate of drug-likeness (QED) is 0.530. The Kier molecular flexibility index (Phi) is 8.13. The summed E-state index contributed by atoms with van der Waals surface area (Å²) in [6, 6.07) is 8.15. The molecule has 0 aliphatic carbocycles. The van der Waals surface area contributed by atoms with Gasteiger partial charge >= 0.3 is 0 Å². The number of halogens is 1. The lowest BCUT2D eigenvalue weighted by atomic mass is 9.96. The maximum Gasteiger partial charge on any atom is 0.190 e. The Hall–Kier alpha value is -1.63. The average molecular weight is 420 g/mol. The standard InChI is InChI=1S/C21H30ClN5S/c1-16-26-19(15-28-16)7-10-24-21(23-2)25-13-17-8-11-27(12-9-17)14-18-5-3-4-6-20(18)22/h3-6,15,17H,7-14H2,1-2H3,(H2,23,24,25). The second-order valence-corrected chi connectivity index (χ2v) is 8.77. The van der Waals surface area contributed by atoms with E-state index in [1.807, 2.05) is 26.1 Å². The van der Waals surface area contributed by atoms with Crippen LogP contribution in [-0.2, 0) is 13.0 Å². The third kappa shape index (κ3) is 6.47. The van der Waals surface area contributed by atoms with Gasteiger partial charge in [-0.2, -0.15) is 0 Å². The molecular weight excluding hydrogens is 390 g/mol. The molecule has 1 aliphatic heterocycles. The van der Waals surface area contributed by atoms with Gasteiger partial charge in [-0.05, 0) is 50.4 Å². The van der Waals surface area contributed by atoms with Crippen molar-refractivity contribution in [3.05, 3.63) is 50.9 Å². The highest BCUT2D eigenvalue weighted by atomic mass is 35.5. The van der Waals surface area contributed by atoms with Crippen molar-refractivity contribution >= 4 is 28.9 Å². The van der Waals surface area contributed by atoms with E-state index in [0.717, 1.165) is 60.8 Å². The predicted molar refractivity (Wildman–Crippen MR) is 119 cm³/mol. The van der Waals surface area contributed by atoms with Crippen LogP contribution < -0.4 is 10.6 Å². The van der Waals surface area contributed by atoms with Crippen LogP contribution in [0.25, 0.3) is 0 Å². The molecule has 0 spiro atoms. The number of hydrogen-bond donors (Lipinski definition) is 2. The Balaban J connectivity index is 1.34. The van der Waals surface area contributed by atoms with E-state index in [4.69, 9.17) is 11.6 Å². The first-order valence-corrected chi connectivity index (χ1v) is 11.2. The Morgan fingerprint density at radius 3 is 2.75 bits per heavy atom. The number of aliphatic imine (C=N–C) groups is 1. The molecule has 1 fully saturated rings. The van der Waals surface area contributed by atoms with Gasteiger partial charge in [0, 0.05) is 43.5 Å². The molecule has 152 valence electrons. The van der Waals surface area contributed by atoms with Crippen LogP contribution >= 0.6 is 22.9 Å². The first kappa shape index (κ1) is 21.1. The average Bonchev–Trinajstić information content (AvgIpc) is 3.12. The van der Waals surface area contributed by atoms with Gasteiger partial charge in [0.05, 0.1) is 10.7 Å². The first-order chi connectivity index (χ1) is 13.6. The van der Waals surface area contributed by atoms with Gasteiger partial charge < -0.3 is 10.6 Å². The molecule has 3 rings (SSSR count). The SMILES string of the molecule is CN=C(NCCc1csc(C)n1)NCC1CCN(Cc2ccccc2Cl)CC1. The zero-order chi connectivity index (χ0) is 19.8. The van der Waals surface area contributed by atoms with Gasteiger partial charge in [-0.3, -0.25) is 9.89 Å². The summed E-state index contributed by atoms with van der Waals surface area (Å²) in [5, 5.41) is 11.0. The van der Waals surface area contributed by atoms with E-state index < -0.39 is 0 Å². The molecule has 5 nitrogen and oxygen atoms in total.